The quantitative estimate of drug-likeness (QED) is 0.602. The van der Waals surface area contributed by atoms with E-state index in [9.17, 15) is 0 Å². The molecule has 2 saturated heterocycles. The summed E-state index contributed by atoms with van der Waals surface area (Å²) in [6, 6.07) is 0. The molecule has 3 aliphatic rings. The van der Waals surface area contributed by atoms with Crippen LogP contribution in [0.2, 0.25) is 0 Å². The van der Waals surface area contributed by atoms with Crippen molar-refractivity contribution in [2.24, 2.45) is 11.8 Å². The van der Waals surface area contributed by atoms with Crippen LogP contribution >= 0.6 is 0 Å². The van der Waals surface area contributed by atoms with Gasteiger partial charge in [0.05, 0.1) is 42.7 Å². The molecule has 0 bridgehead atoms. The molecule has 0 radical (unpaired) electrons. The summed E-state index contributed by atoms with van der Waals surface area (Å²) in [5.41, 5.74) is 0.911. The second kappa shape index (κ2) is 6.14. The van der Waals surface area contributed by atoms with Gasteiger partial charge in [0.15, 0.2) is 0 Å². The number of hydrogen-bond donors (Lipinski definition) is 1. The number of hydrogen-bond acceptors (Lipinski definition) is 4. The van der Waals surface area contributed by atoms with E-state index in [1.807, 2.05) is 6.92 Å². The predicted molar refractivity (Wildman–Crippen MR) is 89.3 cm³/mol. The third-order valence-corrected chi connectivity index (χ3v) is 6.02. The molecule has 4 heteroatoms. The lowest BCUT2D eigenvalue weighted by molar-refractivity contribution is -0.0930. The Morgan fingerprint density at radius 2 is 2.13 bits per heavy atom. The third kappa shape index (κ3) is 3.23. The Hall–Kier alpha value is -0.420. The first kappa shape index (κ1) is 17.4. The smallest absolute Gasteiger partial charge is 0.0983 e. The second-order valence-corrected chi connectivity index (χ2v) is 8.19. The molecule has 1 N–H and O–H groups in total. The van der Waals surface area contributed by atoms with E-state index in [0.29, 0.717) is 17.9 Å². The summed E-state index contributed by atoms with van der Waals surface area (Å²) in [7, 11) is 0. The van der Waals surface area contributed by atoms with E-state index in [1.54, 1.807) is 0 Å². The lowest BCUT2D eigenvalue weighted by Crippen LogP contribution is -2.50. The van der Waals surface area contributed by atoms with Crippen LogP contribution in [0.4, 0.5) is 0 Å². The number of ether oxygens (including phenoxy) is 3. The minimum atomic E-state index is -0.124. The van der Waals surface area contributed by atoms with Gasteiger partial charge in [0, 0.05) is 5.92 Å². The maximum absolute atomic E-state index is 9.16. The van der Waals surface area contributed by atoms with Crippen molar-refractivity contribution in [3.05, 3.63) is 11.6 Å². The standard InChI is InChI=1S/C19H32O4/c1-12(2)22-15-8-9-19(11-21-19)17(14(15)4)18(5)16(23-18)7-6-13(3)10-20/h6,12,14-17,20H,7-11H2,1-5H3/b13-6+/t14-,15-,16-,17?,18?,19+/m1/s1. The van der Waals surface area contributed by atoms with Gasteiger partial charge in [-0.3, -0.25) is 0 Å². The Kier molecular flexibility index (Phi) is 4.65. The Labute approximate surface area is 140 Å². The molecule has 1 aliphatic carbocycles. The van der Waals surface area contributed by atoms with Gasteiger partial charge in [-0.2, -0.15) is 0 Å². The van der Waals surface area contributed by atoms with Crippen LogP contribution < -0.4 is 0 Å². The molecular formula is C19H32O4. The van der Waals surface area contributed by atoms with Gasteiger partial charge >= 0.3 is 0 Å². The zero-order chi connectivity index (χ0) is 16.8. The molecule has 0 aromatic rings. The van der Waals surface area contributed by atoms with Crippen LogP contribution in [-0.4, -0.2) is 47.8 Å². The first-order chi connectivity index (χ1) is 10.8. The Morgan fingerprint density at radius 3 is 2.70 bits per heavy atom. The van der Waals surface area contributed by atoms with Crippen LogP contribution in [0.25, 0.3) is 0 Å². The lowest BCUT2D eigenvalue weighted by atomic mass is 9.64. The van der Waals surface area contributed by atoms with Gasteiger partial charge in [-0.15, -0.1) is 0 Å². The minimum absolute atomic E-state index is 0.0233. The molecular weight excluding hydrogens is 292 g/mol. The molecule has 2 aliphatic heterocycles. The fourth-order valence-corrected chi connectivity index (χ4v) is 4.70. The van der Waals surface area contributed by atoms with Gasteiger partial charge in [0.2, 0.25) is 0 Å². The Morgan fingerprint density at radius 1 is 1.43 bits per heavy atom. The molecule has 0 aromatic carbocycles. The van der Waals surface area contributed by atoms with Crippen molar-refractivity contribution in [3.8, 4) is 0 Å². The summed E-state index contributed by atoms with van der Waals surface area (Å²) in [5.74, 6) is 0.826. The molecule has 0 amide bonds. The third-order valence-electron chi connectivity index (χ3n) is 6.02. The highest BCUT2D eigenvalue weighted by atomic mass is 16.6. The van der Waals surface area contributed by atoms with Crippen molar-refractivity contribution < 1.29 is 19.3 Å². The van der Waals surface area contributed by atoms with E-state index in [0.717, 1.165) is 31.4 Å². The maximum atomic E-state index is 9.16. The second-order valence-electron chi connectivity index (χ2n) is 8.19. The molecule has 6 atom stereocenters. The largest absolute Gasteiger partial charge is 0.392 e. The van der Waals surface area contributed by atoms with Crippen molar-refractivity contribution >= 4 is 0 Å². The summed E-state index contributed by atoms with van der Waals surface area (Å²) in [4.78, 5) is 0. The monoisotopic (exact) mass is 324 g/mol. The number of epoxide rings is 2. The van der Waals surface area contributed by atoms with E-state index in [1.165, 1.54) is 0 Å². The normalized spacial score (nSPS) is 46.5. The van der Waals surface area contributed by atoms with Crippen LogP contribution in [0.5, 0.6) is 0 Å². The van der Waals surface area contributed by atoms with Gasteiger partial charge < -0.3 is 19.3 Å². The van der Waals surface area contributed by atoms with Gasteiger partial charge in [0.1, 0.15) is 0 Å². The SMILES string of the molecule is C/C(=C\C[C@H]1OC1(C)C1[C@H](C)[C@H](OC(C)C)CC[C@]12CO2)CO. The van der Waals surface area contributed by atoms with E-state index in [4.69, 9.17) is 19.3 Å². The summed E-state index contributed by atoms with van der Waals surface area (Å²) >= 11 is 0. The number of aliphatic hydroxyl groups excluding tert-OH is 1. The number of rotatable bonds is 6. The fourth-order valence-electron chi connectivity index (χ4n) is 4.70. The van der Waals surface area contributed by atoms with Gasteiger partial charge in [-0.1, -0.05) is 18.6 Å². The Balaban J connectivity index is 1.71. The zero-order valence-electron chi connectivity index (χ0n) is 15.2. The van der Waals surface area contributed by atoms with Crippen molar-refractivity contribution in [2.45, 2.75) is 83.4 Å². The summed E-state index contributed by atoms with van der Waals surface area (Å²) in [6.07, 6.45) is 5.93. The van der Waals surface area contributed by atoms with E-state index in [-0.39, 0.29) is 30.0 Å². The average Bonchev–Trinajstić information content (AvgIpc) is 3.39. The van der Waals surface area contributed by atoms with Crippen LogP contribution in [0.15, 0.2) is 11.6 Å². The van der Waals surface area contributed by atoms with E-state index < -0.39 is 0 Å². The average molecular weight is 324 g/mol. The summed E-state index contributed by atoms with van der Waals surface area (Å²) in [6.45, 7) is 11.7. The fraction of sp³-hybridized carbons (Fsp3) is 0.895. The van der Waals surface area contributed by atoms with Crippen molar-refractivity contribution in [1.82, 2.24) is 0 Å². The molecule has 3 rings (SSSR count). The highest BCUT2D eigenvalue weighted by Crippen LogP contribution is 2.60. The van der Waals surface area contributed by atoms with E-state index >= 15 is 0 Å². The molecule has 1 spiro atoms. The van der Waals surface area contributed by atoms with Gasteiger partial charge in [-0.05, 0) is 52.9 Å². The molecule has 23 heavy (non-hydrogen) atoms. The lowest BCUT2D eigenvalue weighted by Gasteiger charge is -2.43. The van der Waals surface area contributed by atoms with Crippen LogP contribution in [0, 0.1) is 11.8 Å². The highest BCUT2D eigenvalue weighted by Gasteiger charge is 2.70. The molecule has 2 heterocycles. The van der Waals surface area contributed by atoms with Crippen LogP contribution in [0.3, 0.4) is 0 Å². The minimum Gasteiger partial charge on any atom is -0.392 e. The van der Waals surface area contributed by atoms with Gasteiger partial charge in [0.25, 0.3) is 0 Å². The first-order valence-corrected chi connectivity index (χ1v) is 9.06. The van der Waals surface area contributed by atoms with Gasteiger partial charge in [-0.25, -0.2) is 0 Å². The molecule has 0 aromatic heterocycles. The molecule has 4 nitrogen and oxygen atoms in total. The predicted octanol–water partition coefficient (Wildman–Crippen LogP) is 3.08. The van der Waals surface area contributed by atoms with Crippen molar-refractivity contribution in [2.75, 3.05) is 13.2 Å². The molecule has 2 unspecified atom stereocenters. The molecule has 132 valence electrons. The molecule has 3 fully saturated rings. The van der Waals surface area contributed by atoms with Crippen LogP contribution in [-0.2, 0) is 14.2 Å². The topological polar surface area (TPSA) is 54.5 Å². The number of aliphatic hydroxyl groups is 1. The first-order valence-electron chi connectivity index (χ1n) is 9.06. The van der Waals surface area contributed by atoms with Crippen molar-refractivity contribution in [1.29, 1.82) is 0 Å². The maximum Gasteiger partial charge on any atom is 0.0983 e. The Bertz CT molecular complexity index is 468. The van der Waals surface area contributed by atoms with Crippen LogP contribution in [0.1, 0.15) is 53.9 Å². The molecule has 1 saturated carbocycles. The van der Waals surface area contributed by atoms with E-state index in [2.05, 4.69) is 33.8 Å². The summed E-state index contributed by atoms with van der Waals surface area (Å²) < 4.78 is 18.3. The summed E-state index contributed by atoms with van der Waals surface area (Å²) in [5, 5.41) is 9.16. The highest BCUT2D eigenvalue weighted by molar-refractivity contribution is 5.19. The van der Waals surface area contributed by atoms with Crippen molar-refractivity contribution in [3.63, 3.8) is 0 Å². The zero-order valence-corrected chi connectivity index (χ0v) is 15.2.